The van der Waals surface area contributed by atoms with E-state index >= 15 is 0 Å². The number of nitro groups is 1. The molecule has 0 bridgehead atoms. The van der Waals surface area contributed by atoms with Crippen molar-refractivity contribution in [1.82, 2.24) is 4.90 Å². The normalized spacial score (nSPS) is 15.8. The number of anilines is 1. The summed E-state index contributed by atoms with van der Waals surface area (Å²) >= 11 is 0. The van der Waals surface area contributed by atoms with E-state index in [1.807, 2.05) is 12.1 Å². The first-order valence-corrected chi connectivity index (χ1v) is 7.23. The third kappa shape index (κ3) is 3.70. The summed E-state index contributed by atoms with van der Waals surface area (Å²) in [5.74, 6) is 0.821. The quantitative estimate of drug-likeness (QED) is 0.640. The van der Waals surface area contributed by atoms with Gasteiger partial charge in [0, 0.05) is 26.2 Å². The molecular weight excluding hydrogens is 254 g/mol. The SMILES string of the molecule is CNc1cc(CN(C)CC2CCCC2)ccc1[N+](=O)[O-]. The van der Waals surface area contributed by atoms with Crippen LogP contribution in [0.2, 0.25) is 0 Å². The lowest BCUT2D eigenvalue weighted by Gasteiger charge is -2.21. The number of nitro benzene ring substituents is 1. The third-order valence-corrected chi connectivity index (χ3v) is 4.02. The fourth-order valence-electron chi connectivity index (χ4n) is 3.05. The Morgan fingerprint density at radius 2 is 2.10 bits per heavy atom. The van der Waals surface area contributed by atoms with Gasteiger partial charge in [-0.25, -0.2) is 0 Å². The van der Waals surface area contributed by atoms with Crippen molar-refractivity contribution in [3.05, 3.63) is 33.9 Å². The van der Waals surface area contributed by atoms with Crippen LogP contribution in [-0.4, -0.2) is 30.5 Å². The highest BCUT2D eigenvalue weighted by atomic mass is 16.6. The molecule has 1 aliphatic rings. The lowest BCUT2D eigenvalue weighted by Crippen LogP contribution is -2.24. The molecule has 0 atom stereocenters. The van der Waals surface area contributed by atoms with Gasteiger partial charge in [-0.1, -0.05) is 18.9 Å². The summed E-state index contributed by atoms with van der Waals surface area (Å²) in [5.41, 5.74) is 1.83. The third-order valence-electron chi connectivity index (χ3n) is 4.02. The van der Waals surface area contributed by atoms with Gasteiger partial charge >= 0.3 is 0 Å². The van der Waals surface area contributed by atoms with Gasteiger partial charge < -0.3 is 10.2 Å². The average molecular weight is 277 g/mol. The summed E-state index contributed by atoms with van der Waals surface area (Å²) in [4.78, 5) is 12.9. The van der Waals surface area contributed by atoms with Gasteiger partial charge in [-0.15, -0.1) is 0 Å². The number of nitrogens with zero attached hydrogens (tertiary/aromatic N) is 2. The largest absolute Gasteiger partial charge is 0.383 e. The summed E-state index contributed by atoms with van der Waals surface area (Å²) < 4.78 is 0. The first kappa shape index (κ1) is 14.8. The molecule has 5 nitrogen and oxygen atoms in total. The van der Waals surface area contributed by atoms with Crippen LogP contribution in [0.25, 0.3) is 0 Å². The number of nitrogens with one attached hydrogen (secondary N) is 1. The summed E-state index contributed by atoms with van der Waals surface area (Å²) in [6, 6.07) is 5.32. The van der Waals surface area contributed by atoms with Gasteiger partial charge in [0.2, 0.25) is 0 Å². The van der Waals surface area contributed by atoms with Crippen LogP contribution in [-0.2, 0) is 6.54 Å². The second-order valence-electron chi connectivity index (χ2n) is 5.71. The van der Waals surface area contributed by atoms with E-state index < -0.39 is 0 Å². The Morgan fingerprint density at radius 3 is 2.70 bits per heavy atom. The van der Waals surface area contributed by atoms with Gasteiger partial charge in [0.1, 0.15) is 5.69 Å². The molecule has 1 aromatic rings. The van der Waals surface area contributed by atoms with Crippen LogP contribution >= 0.6 is 0 Å². The standard InChI is InChI=1S/C15H23N3O2/c1-16-14-9-13(7-8-15(14)18(19)20)11-17(2)10-12-5-3-4-6-12/h7-9,12,16H,3-6,10-11H2,1-2H3. The maximum absolute atomic E-state index is 10.9. The molecule has 5 heteroatoms. The number of benzene rings is 1. The Kier molecular flexibility index (Phi) is 4.95. The molecule has 1 aliphatic carbocycles. The maximum atomic E-state index is 10.9. The number of hydrogen-bond donors (Lipinski definition) is 1. The number of hydrogen-bond acceptors (Lipinski definition) is 4. The molecule has 1 fully saturated rings. The minimum absolute atomic E-state index is 0.134. The van der Waals surface area contributed by atoms with Gasteiger partial charge in [0.15, 0.2) is 0 Å². The van der Waals surface area contributed by atoms with Crippen LogP contribution in [0, 0.1) is 16.0 Å². The van der Waals surface area contributed by atoms with Gasteiger partial charge in [0.05, 0.1) is 4.92 Å². The molecule has 0 spiro atoms. The Balaban J connectivity index is 1.99. The Hall–Kier alpha value is -1.62. The lowest BCUT2D eigenvalue weighted by molar-refractivity contribution is -0.384. The highest BCUT2D eigenvalue weighted by Gasteiger charge is 2.18. The Morgan fingerprint density at radius 1 is 1.40 bits per heavy atom. The van der Waals surface area contributed by atoms with Crippen molar-refractivity contribution in [2.45, 2.75) is 32.2 Å². The molecule has 0 radical (unpaired) electrons. The van der Waals surface area contributed by atoms with E-state index in [9.17, 15) is 10.1 Å². The van der Waals surface area contributed by atoms with E-state index in [1.54, 1.807) is 13.1 Å². The highest BCUT2D eigenvalue weighted by Crippen LogP contribution is 2.27. The minimum atomic E-state index is -0.349. The van der Waals surface area contributed by atoms with E-state index in [2.05, 4.69) is 17.3 Å². The predicted molar refractivity (Wildman–Crippen MR) is 80.9 cm³/mol. The molecule has 0 aromatic heterocycles. The molecule has 0 saturated heterocycles. The van der Waals surface area contributed by atoms with Crippen molar-refractivity contribution >= 4 is 11.4 Å². The van der Waals surface area contributed by atoms with Crippen molar-refractivity contribution in [3.8, 4) is 0 Å². The molecule has 1 N–H and O–H groups in total. The zero-order valence-electron chi connectivity index (χ0n) is 12.3. The van der Waals surface area contributed by atoms with Crippen LogP contribution < -0.4 is 5.32 Å². The molecule has 20 heavy (non-hydrogen) atoms. The van der Waals surface area contributed by atoms with Crippen LogP contribution in [0.4, 0.5) is 11.4 Å². The monoisotopic (exact) mass is 277 g/mol. The van der Waals surface area contributed by atoms with E-state index in [0.29, 0.717) is 5.69 Å². The molecule has 0 heterocycles. The molecule has 2 rings (SSSR count). The molecule has 1 saturated carbocycles. The van der Waals surface area contributed by atoms with Crippen molar-refractivity contribution in [1.29, 1.82) is 0 Å². The average Bonchev–Trinajstić information content (AvgIpc) is 2.90. The topological polar surface area (TPSA) is 58.4 Å². The van der Waals surface area contributed by atoms with E-state index in [0.717, 1.165) is 24.6 Å². The molecule has 0 unspecified atom stereocenters. The van der Waals surface area contributed by atoms with Crippen LogP contribution in [0.5, 0.6) is 0 Å². The molecule has 0 amide bonds. The van der Waals surface area contributed by atoms with Gasteiger partial charge in [0.25, 0.3) is 5.69 Å². The molecule has 110 valence electrons. The minimum Gasteiger partial charge on any atom is -0.383 e. The molecule has 0 aliphatic heterocycles. The Bertz CT molecular complexity index is 470. The lowest BCUT2D eigenvalue weighted by atomic mass is 10.1. The first-order valence-electron chi connectivity index (χ1n) is 7.23. The van der Waals surface area contributed by atoms with Gasteiger partial charge in [-0.05, 0) is 37.4 Å². The van der Waals surface area contributed by atoms with Crippen molar-refractivity contribution in [2.75, 3.05) is 26.0 Å². The van der Waals surface area contributed by atoms with Crippen LogP contribution in [0.3, 0.4) is 0 Å². The molecule has 1 aromatic carbocycles. The first-order chi connectivity index (χ1) is 9.60. The second kappa shape index (κ2) is 6.70. The van der Waals surface area contributed by atoms with E-state index in [-0.39, 0.29) is 10.6 Å². The zero-order chi connectivity index (χ0) is 14.5. The van der Waals surface area contributed by atoms with E-state index in [1.165, 1.54) is 25.7 Å². The molecular formula is C15H23N3O2. The highest BCUT2D eigenvalue weighted by molar-refractivity contribution is 5.62. The van der Waals surface area contributed by atoms with Gasteiger partial charge in [-0.3, -0.25) is 10.1 Å². The summed E-state index contributed by atoms with van der Waals surface area (Å²) in [7, 11) is 3.84. The zero-order valence-corrected chi connectivity index (χ0v) is 12.3. The summed E-state index contributed by atoms with van der Waals surface area (Å²) in [6.07, 6.45) is 5.40. The smallest absolute Gasteiger partial charge is 0.292 e. The number of rotatable bonds is 6. The fraction of sp³-hybridized carbons (Fsp3) is 0.600. The summed E-state index contributed by atoms with van der Waals surface area (Å²) in [6.45, 7) is 1.95. The van der Waals surface area contributed by atoms with Crippen molar-refractivity contribution in [3.63, 3.8) is 0 Å². The second-order valence-corrected chi connectivity index (χ2v) is 5.71. The fourth-order valence-corrected chi connectivity index (χ4v) is 3.05. The summed E-state index contributed by atoms with van der Waals surface area (Å²) in [5, 5.41) is 13.8. The van der Waals surface area contributed by atoms with Gasteiger partial charge in [-0.2, -0.15) is 0 Å². The predicted octanol–water partition coefficient (Wildman–Crippen LogP) is 3.26. The van der Waals surface area contributed by atoms with Crippen LogP contribution in [0.15, 0.2) is 18.2 Å². The van der Waals surface area contributed by atoms with Crippen molar-refractivity contribution in [2.24, 2.45) is 5.92 Å². The Labute approximate surface area is 120 Å². The maximum Gasteiger partial charge on any atom is 0.292 e. The van der Waals surface area contributed by atoms with E-state index in [4.69, 9.17) is 0 Å². The van der Waals surface area contributed by atoms with Crippen LogP contribution in [0.1, 0.15) is 31.2 Å². The van der Waals surface area contributed by atoms with Crippen molar-refractivity contribution < 1.29 is 4.92 Å².